The first-order valence-electron chi connectivity index (χ1n) is 18.8. The van der Waals surface area contributed by atoms with Crippen molar-refractivity contribution in [1.82, 2.24) is 0 Å². The Morgan fingerprint density at radius 3 is 1.22 bits per heavy atom. The lowest BCUT2D eigenvalue weighted by Gasteiger charge is -2.31. The molecule has 0 fully saturated rings. The maximum Gasteiger partial charge on any atom is 0.242 e. The summed E-state index contributed by atoms with van der Waals surface area (Å²) in [6.07, 6.45) is 1.01. The van der Waals surface area contributed by atoms with Gasteiger partial charge in [0.1, 0.15) is 0 Å². The zero-order valence-electron chi connectivity index (χ0n) is 32.9. The summed E-state index contributed by atoms with van der Waals surface area (Å²) in [7, 11) is 0. The molecule has 6 aromatic carbocycles. The van der Waals surface area contributed by atoms with E-state index in [0.717, 1.165) is 6.42 Å². The molecule has 2 heteroatoms. The van der Waals surface area contributed by atoms with Crippen molar-refractivity contribution in [3.05, 3.63) is 163 Å². The monoisotopic (exact) mass is 662 g/mol. The minimum absolute atomic E-state index is 0.174. The van der Waals surface area contributed by atoms with Crippen LogP contribution in [0, 0.1) is 83.1 Å². The van der Waals surface area contributed by atoms with Crippen LogP contribution < -0.4 is 32.8 Å². The highest BCUT2D eigenvalue weighted by Crippen LogP contribution is 2.27. The van der Waals surface area contributed by atoms with Gasteiger partial charge < -0.3 is 0 Å². The molecule has 6 aromatic rings. The van der Waals surface area contributed by atoms with Crippen molar-refractivity contribution in [3.63, 3.8) is 0 Å². The highest BCUT2D eigenvalue weighted by molar-refractivity contribution is 6.97. The maximum absolute atomic E-state index is 2.48. The summed E-state index contributed by atoms with van der Waals surface area (Å²) < 4.78 is 0. The quantitative estimate of drug-likeness (QED) is 0.164. The molecule has 1 aliphatic rings. The van der Waals surface area contributed by atoms with Crippen molar-refractivity contribution in [3.8, 4) is 11.1 Å². The molecule has 1 heterocycles. The second-order valence-electron chi connectivity index (χ2n) is 16.1. The molecule has 0 N–H and O–H groups in total. The Bertz CT molecular complexity index is 2210. The molecule has 0 spiro atoms. The van der Waals surface area contributed by atoms with E-state index in [9.17, 15) is 0 Å². The number of rotatable bonds is 5. The third-order valence-corrected chi connectivity index (χ3v) is 11.7. The molecule has 0 aromatic heterocycles. The second-order valence-corrected chi connectivity index (χ2v) is 16.1. The normalized spacial score (nSPS) is 12.2. The standard InChI is InChI=1S/C49H52B2/c1-28-17-34(7)46(35(8)18-28)50(47-36(9)19-29(2)20-37(47)10)42-13-15-44(32(5)25-42)45-16-14-43(26-33(45)6)51-48-38(11)21-30(3)23-40(48)27-41-24-31(4)22-39(12)49(41)51/h13-26H,27H2,1-12H3. The fraction of sp³-hybridized carbons (Fsp3) is 0.265. The fourth-order valence-corrected chi connectivity index (χ4v) is 10.0. The minimum atomic E-state index is 0.174. The lowest BCUT2D eigenvalue weighted by atomic mass is 9.32. The van der Waals surface area contributed by atoms with Crippen LogP contribution in [-0.2, 0) is 6.42 Å². The molecular formula is C49H52B2. The molecule has 0 amide bonds. The van der Waals surface area contributed by atoms with Crippen molar-refractivity contribution >= 4 is 46.2 Å². The topological polar surface area (TPSA) is 0 Å². The SMILES string of the molecule is Cc1cc(C)c(B(c2ccc(-c3ccc(B4c5c(C)cc(C)cc5Cc5cc(C)cc(C)c54)cc3C)c(C)c2)c2c(C)cc(C)cc2C)c(C)c1. The molecule has 0 aliphatic carbocycles. The smallest absolute Gasteiger partial charge is 0.0683 e. The molecule has 0 atom stereocenters. The zero-order chi connectivity index (χ0) is 36.5. The minimum Gasteiger partial charge on any atom is -0.0683 e. The van der Waals surface area contributed by atoms with E-state index >= 15 is 0 Å². The Labute approximate surface area is 308 Å². The van der Waals surface area contributed by atoms with Gasteiger partial charge in [-0.05, 0) is 123 Å². The van der Waals surface area contributed by atoms with Crippen molar-refractivity contribution in [2.45, 2.75) is 89.5 Å². The van der Waals surface area contributed by atoms with Crippen molar-refractivity contribution < 1.29 is 0 Å². The molecular weight excluding hydrogens is 610 g/mol. The van der Waals surface area contributed by atoms with Gasteiger partial charge in [0.25, 0.3) is 0 Å². The summed E-state index contributed by atoms with van der Waals surface area (Å²) >= 11 is 0. The predicted octanol–water partition coefficient (Wildman–Crippen LogP) is 7.99. The summed E-state index contributed by atoms with van der Waals surface area (Å²) in [5, 5.41) is 0. The van der Waals surface area contributed by atoms with Crippen LogP contribution in [0.15, 0.2) is 84.9 Å². The van der Waals surface area contributed by atoms with Gasteiger partial charge >= 0.3 is 0 Å². The average molecular weight is 663 g/mol. The highest BCUT2D eigenvalue weighted by Gasteiger charge is 2.34. The van der Waals surface area contributed by atoms with E-state index in [4.69, 9.17) is 0 Å². The molecule has 0 radical (unpaired) electrons. The van der Waals surface area contributed by atoms with E-state index in [-0.39, 0.29) is 13.4 Å². The molecule has 254 valence electrons. The fourth-order valence-electron chi connectivity index (χ4n) is 10.0. The van der Waals surface area contributed by atoms with Gasteiger partial charge in [-0.3, -0.25) is 0 Å². The van der Waals surface area contributed by atoms with Crippen LogP contribution in [-0.4, -0.2) is 13.4 Å². The van der Waals surface area contributed by atoms with Crippen LogP contribution in [0.25, 0.3) is 11.1 Å². The average Bonchev–Trinajstić information content (AvgIpc) is 3.02. The van der Waals surface area contributed by atoms with Gasteiger partial charge in [-0.1, -0.05) is 173 Å². The van der Waals surface area contributed by atoms with Gasteiger partial charge in [-0.15, -0.1) is 0 Å². The van der Waals surface area contributed by atoms with Crippen LogP contribution in [0.3, 0.4) is 0 Å². The van der Waals surface area contributed by atoms with Crippen LogP contribution in [0.4, 0.5) is 0 Å². The number of aryl methyl sites for hydroxylation is 12. The van der Waals surface area contributed by atoms with Gasteiger partial charge in [-0.25, -0.2) is 0 Å². The van der Waals surface area contributed by atoms with Crippen LogP contribution in [0.1, 0.15) is 77.9 Å². The van der Waals surface area contributed by atoms with Gasteiger partial charge in [0.15, 0.2) is 0 Å². The van der Waals surface area contributed by atoms with E-state index in [1.54, 1.807) is 0 Å². The Morgan fingerprint density at radius 1 is 0.392 bits per heavy atom. The van der Waals surface area contributed by atoms with E-state index in [2.05, 4.69) is 168 Å². The zero-order valence-corrected chi connectivity index (χ0v) is 32.9. The summed E-state index contributed by atoms with van der Waals surface area (Å²) in [6.45, 7) is 27.7. The molecule has 0 nitrogen and oxygen atoms in total. The lowest BCUT2D eigenvalue weighted by molar-refractivity contribution is 1.16. The van der Waals surface area contributed by atoms with Crippen molar-refractivity contribution in [2.75, 3.05) is 0 Å². The first-order valence-corrected chi connectivity index (χ1v) is 18.8. The van der Waals surface area contributed by atoms with Gasteiger partial charge in [0, 0.05) is 0 Å². The number of hydrogen-bond donors (Lipinski definition) is 0. The third kappa shape index (κ3) is 6.22. The first kappa shape index (κ1) is 34.9. The molecule has 7 rings (SSSR count). The Hall–Kier alpha value is -4.55. The van der Waals surface area contributed by atoms with E-state index in [0.29, 0.717) is 0 Å². The molecule has 1 aliphatic heterocycles. The molecule has 0 saturated heterocycles. The summed E-state index contributed by atoms with van der Waals surface area (Å²) in [6, 6.07) is 33.6. The van der Waals surface area contributed by atoms with Crippen LogP contribution in [0.5, 0.6) is 0 Å². The van der Waals surface area contributed by atoms with Crippen molar-refractivity contribution in [1.29, 1.82) is 0 Å². The van der Waals surface area contributed by atoms with Crippen LogP contribution >= 0.6 is 0 Å². The summed E-state index contributed by atoms with van der Waals surface area (Å²) in [5.41, 5.74) is 30.5. The second kappa shape index (κ2) is 13.2. The van der Waals surface area contributed by atoms with Gasteiger partial charge in [0.05, 0.1) is 0 Å². The largest absolute Gasteiger partial charge is 0.242 e. The highest BCUT2D eigenvalue weighted by atomic mass is 14.2. The van der Waals surface area contributed by atoms with Crippen molar-refractivity contribution in [2.24, 2.45) is 0 Å². The number of benzene rings is 6. The molecule has 51 heavy (non-hydrogen) atoms. The van der Waals surface area contributed by atoms with E-state index < -0.39 is 0 Å². The number of hydrogen-bond acceptors (Lipinski definition) is 0. The van der Waals surface area contributed by atoms with Crippen LogP contribution in [0.2, 0.25) is 0 Å². The molecule has 0 unspecified atom stereocenters. The predicted molar refractivity (Wildman–Crippen MR) is 227 cm³/mol. The van der Waals surface area contributed by atoms with E-state index in [1.807, 2.05) is 0 Å². The molecule has 0 bridgehead atoms. The van der Waals surface area contributed by atoms with Gasteiger partial charge in [-0.2, -0.15) is 0 Å². The third-order valence-electron chi connectivity index (χ3n) is 11.7. The Morgan fingerprint density at radius 2 is 0.784 bits per heavy atom. The van der Waals surface area contributed by atoms with E-state index in [1.165, 1.54) is 122 Å². The summed E-state index contributed by atoms with van der Waals surface area (Å²) in [4.78, 5) is 0. The first-order chi connectivity index (χ1) is 24.2. The molecule has 0 saturated carbocycles. The Kier molecular flexibility index (Phi) is 9.03. The maximum atomic E-state index is 2.48. The number of fused-ring (bicyclic) bond motifs is 2. The lowest BCUT2D eigenvalue weighted by Crippen LogP contribution is -2.58. The summed E-state index contributed by atoms with van der Waals surface area (Å²) in [5.74, 6) is 0. The van der Waals surface area contributed by atoms with Gasteiger partial charge in [0.2, 0.25) is 13.4 Å². The Balaban J connectivity index is 1.34.